The van der Waals surface area contributed by atoms with Crippen molar-refractivity contribution in [3.05, 3.63) is 34.6 Å². The van der Waals surface area contributed by atoms with Crippen LogP contribution in [0.2, 0.25) is 5.02 Å². The van der Waals surface area contributed by atoms with Crippen molar-refractivity contribution in [3.63, 3.8) is 0 Å². The number of halogens is 1. The van der Waals surface area contributed by atoms with Crippen molar-refractivity contribution in [1.29, 1.82) is 0 Å². The predicted octanol–water partition coefficient (Wildman–Crippen LogP) is 2.69. The Morgan fingerprint density at radius 3 is 3.27 bits per heavy atom. The molecule has 0 amide bonds. The zero-order valence-corrected chi connectivity index (χ0v) is 6.80. The second kappa shape index (κ2) is 2.67. The molecule has 0 bridgehead atoms. The van der Waals surface area contributed by atoms with E-state index in [-0.39, 0.29) is 0 Å². The predicted molar refractivity (Wildman–Crippen MR) is 46.6 cm³/mol. The third-order valence-corrected chi connectivity index (χ3v) is 2.03. The van der Waals surface area contributed by atoms with Crippen LogP contribution in [0.4, 0.5) is 0 Å². The Kier molecular flexibility index (Phi) is 1.66. The first kappa shape index (κ1) is 6.86. The smallest absolute Gasteiger partial charge is 0.0659 e. The molecule has 1 aromatic rings. The largest absolute Gasteiger partial charge is 0.255 e. The summed E-state index contributed by atoms with van der Waals surface area (Å²) in [4.78, 5) is 4.20. The molecule has 0 N–H and O–H groups in total. The van der Waals surface area contributed by atoms with Crippen LogP contribution in [-0.4, -0.2) is 4.98 Å². The third-order valence-electron chi connectivity index (χ3n) is 1.82. The lowest BCUT2D eigenvalue weighted by Gasteiger charge is -2.08. The van der Waals surface area contributed by atoms with Gasteiger partial charge in [0.2, 0.25) is 0 Å². The molecule has 2 heteroatoms. The summed E-state index contributed by atoms with van der Waals surface area (Å²) in [6.07, 6.45) is 8.06. The molecule has 0 radical (unpaired) electrons. The van der Waals surface area contributed by atoms with Gasteiger partial charge >= 0.3 is 0 Å². The molecule has 1 aliphatic carbocycles. The molecule has 1 nitrogen and oxygen atoms in total. The fraction of sp³-hybridized carbons (Fsp3) is 0.222. The lowest BCUT2D eigenvalue weighted by atomic mass is 10.0. The lowest BCUT2D eigenvalue weighted by Crippen LogP contribution is -1.95. The van der Waals surface area contributed by atoms with Crippen molar-refractivity contribution in [2.24, 2.45) is 0 Å². The van der Waals surface area contributed by atoms with Gasteiger partial charge in [0.15, 0.2) is 0 Å². The van der Waals surface area contributed by atoms with E-state index < -0.39 is 0 Å². The van der Waals surface area contributed by atoms with E-state index in [0.717, 1.165) is 23.6 Å². The number of aryl methyl sites for hydroxylation is 1. The minimum absolute atomic E-state index is 0.735. The van der Waals surface area contributed by atoms with E-state index in [1.54, 1.807) is 6.20 Å². The van der Waals surface area contributed by atoms with Gasteiger partial charge in [-0.3, -0.25) is 4.98 Å². The molecule has 0 fully saturated rings. The van der Waals surface area contributed by atoms with Gasteiger partial charge in [-0.15, -0.1) is 0 Å². The SMILES string of the molecule is Clc1cnc2c(c1)CCC=C2. The van der Waals surface area contributed by atoms with E-state index in [1.807, 2.05) is 6.07 Å². The van der Waals surface area contributed by atoms with E-state index in [2.05, 4.69) is 17.1 Å². The highest BCUT2D eigenvalue weighted by Gasteiger charge is 2.04. The number of fused-ring (bicyclic) bond motifs is 1. The number of rotatable bonds is 0. The van der Waals surface area contributed by atoms with E-state index >= 15 is 0 Å². The first-order valence-corrected chi connectivity index (χ1v) is 4.05. The third kappa shape index (κ3) is 1.29. The molecule has 1 heterocycles. The molecular formula is C9H8ClN. The van der Waals surface area contributed by atoms with Crippen molar-refractivity contribution in [1.82, 2.24) is 4.98 Å². The molecule has 11 heavy (non-hydrogen) atoms. The average Bonchev–Trinajstić information content (AvgIpc) is 2.04. The highest BCUT2D eigenvalue weighted by Crippen LogP contribution is 2.19. The highest BCUT2D eigenvalue weighted by molar-refractivity contribution is 6.30. The lowest BCUT2D eigenvalue weighted by molar-refractivity contribution is 0.964. The maximum Gasteiger partial charge on any atom is 0.0659 e. The summed E-state index contributed by atoms with van der Waals surface area (Å²) in [5.74, 6) is 0. The van der Waals surface area contributed by atoms with Crippen LogP contribution in [0, 0.1) is 0 Å². The van der Waals surface area contributed by atoms with E-state index in [9.17, 15) is 0 Å². The van der Waals surface area contributed by atoms with Crippen molar-refractivity contribution in [2.75, 3.05) is 0 Å². The van der Waals surface area contributed by atoms with Crippen LogP contribution in [0.1, 0.15) is 17.7 Å². The van der Waals surface area contributed by atoms with Gasteiger partial charge in [-0.05, 0) is 30.5 Å². The molecule has 1 aromatic heterocycles. The first-order chi connectivity index (χ1) is 5.36. The molecule has 0 aliphatic heterocycles. The van der Waals surface area contributed by atoms with E-state index in [4.69, 9.17) is 11.6 Å². The molecule has 0 saturated carbocycles. The number of allylic oxidation sites excluding steroid dienone is 1. The van der Waals surface area contributed by atoms with Gasteiger partial charge in [0.1, 0.15) is 0 Å². The quantitative estimate of drug-likeness (QED) is 0.576. The zero-order chi connectivity index (χ0) is 7.68. The highest BCUT2D eigenvalue weighted by atomic mass is 35.5. The van der Waals surface area contributed by atoms with Gasteiger partial charge in [0, 0.05) is 6.20 Å². The molecule has 1 aliphatic rings. The van der Waals surface area contributed by atoms with Crippen LogP contribution < -0.4 is 0 Å². The Labute approximate surface area is 70.7 Å². The summed E-state index contributed by atoms with van der Waals surface area (Å²) in [5, 5.41) is 0.735. The van der Waals surface area contributed by atoms with Crippen LogP contribution >= 0.6 is 11.6 Å². The second-order valence-electron chi connectivity index (χ2n) is 2.64. The first-order valence-electron chi connectivity index (χ1n) is 3.67. The Bertz CT molecular complexity index is 304. The van der Waals surface area contributed by atoms with Gasteiger partial charge in [-0.2, -0.15) is 0 Å². The molecular weight excluding hydrogens is 158 g/mol. The topological polar surface area (TPSA) is 12.9 Å². The summed E-state index contributed by atoms with van der Waals surface area (Å²) in [7, 11) is 0. The molecule has 0 saturated heterocycles. The summed E-state index contributed by atoms with van der Waals surface area (Å²) in [6, 6.07) is 1.99. The maximum atomic E-state index is 5.79. The van der Waals surface area contributed by atoms with Gasteiger partial charge in [-0.25, -0.2) is 0 Å². The molecule has 2 rings (SSSR count). The Hall–Kier alpha value is -0.820. The summed E-state index contributed by atoms with van der Waals surface area (Å²) < 4.78 is 0. The Morgan fingerprint density at radius 1 is 1.45 bits per heavy atom. The van der Waals surface area contributed by atoms with Crippen molar-refractivity contribution >= 4 is 17.7 Å². The number of hydrogen-bond donors (Lipinski definition) is 0. The fourth-order valence-electron chi connectivity index (χ4n) is 1.28. The van der Waals surface area contributed by atoms with Crippen LogP contribution in [0.3, 0.4) is 0 Å². The minimum atomic E-state index is 0.735. The molecule has 56 valence electrons. The van der Waals surface area contributed by atoms with Gasteiger partial charge in [0.05, 0.1) is 10.7 Å². The van der Waals surface area contributed by atoms with Crippen molar-refractivity contribution < 1.29 is 0 Å². The fourth-order valence-corrected chi connectivity index (χ4v) is 1.46. The summed E-state index contributed by atoms with van der Waals surface area (Å²) >= 11 is 5.79. The molecule has 0 aromatic carbocycles. The van der Waals surface area contributed by atoms with Crippen molar-refractivity contribution in [2.45, 2.75) is 12.8 Å². The van der Waals surface area contributed by atoms with E-state index in [1.165, 1.54) is 5.56 Å². The Morgan fingerprint density at radius 2 is 2.36 bits per heavy atom. The average molecular weight is 166 g/mol. The maximum absolute atomic E-state index is 5.79. The molecule has 0 atom stereocenters. The zero-order valence-electron chi connectivity index (χ0n) is 6.05. The molecule has 0 unspecified atom stereocenters. The van der Waals surface area contributed by atoms with Crippen LogP contribution in [-0.2, 0) is 6.42 Å². The number of hydrogen-bond acceptors (Lipinski definition) is 1. The Balaban J connectivity index is 2.53. The summed E-state index contributed by atoms with van der Waals surface area (Å²) in [5.41, 5.74) is 2.33. The molecule has 0 spiro atoms. The monoisotopic (exact) mass is 165 g/mol. The number of aromatic nitrogens is 1. The summed E-state index contributed by atoms with van der Waals surface area (Å²) in [6.45, 7) is 0. The van der Waals surface area contributed by atoms with Crippen molar-refractivity contribution in [3.8, 4) is 0 Å². The second-order valence-corrected chi connectivity index (χ2v) is 3.08. The standard InChI is InChI=1S/C9H8ClN/c10-8-5-7-3-1-2-4-9(7)11-6-8/h2,4-6H,1,3H2. The normalized spacial score (nSPS) is 14.6. The number of nitrogens with zero attached hydrogens (tertiary/aromatic N) is 1. The minimum Gasteiger partial charge on any atom is -0.255 e. The number of pyridine rings is 1. The van der Waals surface area contributed by atoms with Gasteiger partial charge in [0.25, 0.3) is 0 Å². The van der Waals surface area contributed by atoms with Gasteiger partial charge < -0.3 is 0 Å². The van der Waals surface area contributed by atoms with Crippen LogP contribution in [0.25, 0.3) is 6.08 Å². The van der Waals surface area contributed by atoms with Crippen LogP contribution in [0.5, 0.6) is 0 Å². The van der Waals surface area contributed by atoms with Gasteiger partial charge in [-0.1, -0.05) is 17.7 Å². The van der Waals surface area contributed by atoms with E-state index in [0.29, 0.717) is 0 Å². The van der Waals surface area contributed by atoms with Crippen LogP contribution in [0.15, 0.2) is 18.3 Å².